The zero-order chi connectivity index (χ0) is 14.8. The van der Waals surface area contributed by atoms with Gasteiger partial charge in [-0.25, -0.2) is 23.1 Å². The van der Waals surface area contributed by atoms with Crippen molar-refractivity contribution in [1.82, 2.24) is 24.2 Å². The van der Waals surface area contributed by atoms with Crippen molar-refractivity contribution < 1.29 is 13.2 Å². The Balaban J connectivity index is 2.16. The number of imidazole rings is 1. The van der Waals surface area contributed by atoms with Crippen LogP contribution < -0.4 is 15.2 Å². The highest BCUT2D eigenvalue weighted by Gasteiger charge is 2.14. The summed E-state index contributed by atoms with van der Waals surface area (Å²) in [6, 6.07) is 0. The Bertz CT molecular complexity index is 711. The summed E-state index contributed by atoms with van der Waals surface area (Å²) in [5, 5.41) is 0. The lowest BCUT2D eigenvalue weighted by atomic mass is 10.4. The second-order valence-electron chi connectivity index (χ2n) is 4.20. The number of nitrogen functional groups attached to an aromatic ring is 1. The van der Waals surface area contributed by atoms with Crippen molar-refractivity contribution in [2.24, 2.45) is 0 Å². The fourth-order valence-corrected chi connectivity index (χ4v) is 2.31. The van der Waals surface area contributed by atoms with Crippen LogP contribution in [-0.2, 0) is 16.6 Å². The molecule has 9 nitrogen and oxygen atoms in total. The fourth-order valence-electron chi connectivity index (χ4n) is 1.80. The quantitative estimate of drug-likeness (QED) is 0.679. The Kier molecular flexibility index (Phi) is 4.04. The molecule has 0 saturated heterocycles. The number of ether oxygens (including phenoxy) is 1. The van der Waals surface area contributed by atoms with Gasteiger partial charge >= 0.3 is 0 Å². The van der Waals surface area contributed by atoms with Crippen LogP contribution in [0.15, 0.2) is 6.33 Å². The summed E-state index contributed by atoms with van der Waals surface area (Å²) in [7, 11) is -1.69. The van der Waals surface area contributed by atoms with E-state index in [4.69, 9.17) is 10.5 Å². The summed E-state index contributed by atoms with van der Waals surface area (Å²) in [6.07, 6.45) is 3.05. The van der Waals surface area contributed by atoms with Gasteiger partial charge in [0.15, 0.2) is 11.2 Å². The molecule has 0 aliphatic carbocycles. The Morgan fingerprint density at radius 1 is 1.45 bits per heavy atom. The molecule has 2 rings (SSSR count). The topological polar surface area (TPSA) is 125 Å². The van der Waals surface area contributed by atoms with E-state index in [0.717, 1.165) is 6.26 Å². The molecule has 20 heavy (non-hydrogen) atoms. The molecule has 0 unspecified atom stereocenters. The number of methoxy groups -OCH3 is 1. The van der Waals surface area contributed by atoms with E-state index in [1.54, 1.807) is 4.57 Å². The molecule has 0 spiro atoms. The molecule has 110 valence electrons. The number of hydrogen-bond acceptors (Lipinski definition) is 7. The standard InChI is InChI=1S/C10H16N6O3S/c1-19-9-7-8(12-6-13-9)16(10(11)15-7)5-3-4-14-20(2,17)18/h6,14H,3-5H2,1-2H3,(H2,11,15). The van der Waals surface area contributed by atoms with Crippen LogP contribution >= 0.6 is 0 Å². The van der Waals surface area contributed by atoms with Crippen molar-refractivity contribution >= 4 is 27.1 Å². The van der Waals surface area contributed by atoms with E-state index in [9.17, 15) is 8.42 Å². The predicted molar refractivity (Wildman–Crippen MR) is 73.8 cm³/mol. The summed E-state index contributed by atoms with van der Waals surface area (Å²) in [5.74, 6) is 0.646. The molecule has 10 heteroatoms. The number of nitrogens with two attached hydrogens (primary N) is 1. The molecule has 0 aromatic carbocycles. The first kappa shape index (κ1) is 14.5. The molecule has 0 aliphatic heterocycles. The van der Waals surface area contributed by atoms with Gasteiger partial charge < -0.3 is 10.5 Å². The van der Waals surface area contributed by atoms with Gasteiger partial charge in [0, 0.05) is 13.1 Å². The number of fused-ring (bicyclic) bond motifs is 1. The predicted octanol–water partition coefficient (Wildman–Crippen LogP) is -0.644. The van der Waals surface area contributed by atoms with E-state index in [1.807, 2.05) is 0 Å². The third-order valence-corrected chi connectivity index (χ3v) is 3.37. The molecule has 0 amide bonds. The molecule has 0 saturated carbocycles. The average molecular weight is 300 g/mol. The zero-order valence-corrected chi connectivity index (χ0v) is 12.0. The normalized spacial score (nSPS) is 11.9. The number of sulfonamides is 1. The maximum atomic E-state index is 11.0. The van der Waals surface area contributed by atoms with E-state index >= 15 is 0 Å². The summed E-state index contributed by atoms with van der Waals surface area (Å²) in [4.78, 5) is 12.2. The monoisotopic (exact) mass is 300 g/mol. The van der Waals surface area contributed by atoms with E-state index in [0.29, 0.717) is 36.6 Å². The first-order valence-corrected chi connectivity index (χ1v) is 7.77. The van der Waals surface area contributed by atoms with Crippen LogP contribution in [0.5, 0.6) is 5.88 Å². The minimum absolute atomic E-state index is 0.290. The molecule has 2 aromatic rings. The smallest absolute Gasteiger partial charge is 0.245 e. The fraction of sp³-hybridized carbons (Fsp3) is 0.500. The van der Waals surface area contributed by atoms with Crippen LogP contribution in [-0.4, -0.2) is 47.8 Å². The lowest BCUT2D eigenvalue weighted by Gasteiger charge is -2.06. The molecule has 0 fully saturated rings. The molecule has 0 radical (unpaired) electrons. The van der Waals surface area contributed by atoms with Gasteiger partial charge in [0.25, 0.3) is 0 Å². The van der Waals surface area contributed by atoms with Crippen molar-refractivity contribution in [2.45, 2.75) is 13.0 Å². The number of aryl methyl sites for hydroxylation is 1. The Hall–Kier alpha value is -1.94. The lowest BCUT2D eigenvalue weighted by molar-refractivity contribution is 0.401. The van der Waals surface area contributed by atoms with Crippen molar-refractivity contribution in [1.29, 1.82) is 0 Å². The van der Waals surface area contributed by atoms with Crippen LogP contribution in [0.3, 0.4) is 0 Å². The number of anilines is 1. The minimum atomic E-state index is -3.18. The van der Waals surface area contributed by atoms with Gasteiger partial charge in [0.2, 0.25) is 21.9 Å². The van der Waals surface area contributed by atoms with Crippen LogP contribution in [0.2, 0.25) is 0 Å². The number of nitrogens with zero attached hydrogens (tertiary/aromatic N) is 4. The van der Waals surface area contributed by atoms with Gasteiger partial charge in [0.1, 0.15) is 6.33 Å². The van der Waals surface area contributed by atoms with E-state index in [2.05, 4.69) is 19.7 Å². The number of aromatic nitrogens is 4. The van der Waals surface area contributed by atoms with E-state index < -0.39 is 10.0 Å². The summed E-state index contributed by atoms with van der Waals surface area (Å²) < 4.78 is 31.1. The molecule has 2 heterocycles. The summed E-state index contributed by atoms with van der Waals surface area (Å²) >= 11 is 0. The maximum Gasteiger partial charge on any atom is 0.245 e. The Morgan fingerprint density at radius 2 is 2.20 bits per heavy atom. The van der Waals surface area contributed by atoms with Gasteiger partial charge in [-0.05, 0) is 6.42 Å². The largest absolute Gasteiger partial charge is 0.479 e. The molecule has 0 bridgehead atoms. The van der Waals surface area contributed by atoms with Crippen LogP contribution in [0, 0.1) is 0 Å². The summed E-state index contributed by atoms with van der Waals surface area (Å²) in [6.45, 7) is 0.811. The van der Waals surface area contributed by atoms with Crippen molar-refractivity contribution in [3.8, 4) is 5.88 Å². The molecule has 2 aromatic heterocycles. The Labute approximate surface area is 116 Å². The van der Waals surface area contributed by atoms with Gasteiger partial charge in [-0.3, -0.25) is 4.57 Å². The van der Waals surface area contributed by atoms with Crippen LogP contribution in [0.1, 0.15) is 6.42 Å². The van der Waals surface area contributed by atoms with Gasteiger partial charge in [-0.1, -0.05) is 0 Å². The maximum absolute atomic E-state index is 11.0. The Morgan fingerprint density at radius 3 is 2.85 bits per heavy atom. The van der Waals surface area contributed by atoms with Gasteiger partial charge in [0.05, 0.1) is 13.4 Å². The molecule has 0 aliphatic rings. The van der Waals surface area contributed by atoms with Crippen LogP contribution in [0.4, 0.5) is 5.95 Å². The van der Waals surface area contributed by atoms with Crippen LogP contribution in [0.25, 0.3) is 11.2 Å². The number of hydrogen-bond donors (Lipinski definition) is 2. The number of nitrogens with one attached hydrogen (secondary N) is 1. The lowest BCUT2D eigenvalue weighted by Crippen LogP contribution is -2.24. The summed E-state index contributed by atoms with van der Waals surface area (Å²) in [5.41, 5.74) is 6.89. The third-order valence-electron chi connectivity index (χ3n) is 2.64. The third kappa shape index (κ3) is 3.14. The molecule has 0 atom stereocenters. The van der Waals surface area contributed by atoms with Crippen molar-refractivity contribution in [3.05, 3.63) is 6.33 Å². The molecular weight excluding hydrogens is 284 g/mol. The first-order chi connectivity index (χ1) is 9.42. The highest BCUT2D eigenvalue weighted by molar-refractivity contribution is 7.88. The van der Waals surface area contributed by atoms with Gasteiger partial charge in [-0.2, -0.15) is 4.98 Å². The highest BCUT2D eigenvalue weighted by Crippen LogP contribution is 2.22. The van der Waals surface area contributed by atoms with E-state index in [-0.39, 0.29) is 5.95 Å². The number of rotatable bonds is 6. The van der Waals surface area contributed by atoms with Crippen molar-refractivity contribution in [2.75, 3.05) is 25.6 Å². The zero-order valence-electron chi connectivity index (χ0n) is 11.2. The molecule has 3 N–H and O–H groups in total. The second kappa shape index (κ2) is 5.59. The SMILES string of the molecule is COc1ncnc2c1nc(N)n2CCCNS(C)(=O)=O. The highest BCUT2D eigenvalue weighted by atomic mass is 32.2. The first-order valence-electron chi connectivity index (χ1n) is 5.87. The van der Waals surface area contributed by atoms with E-state index in [1.165, 1.54) is 13.4 Å². The average Bonchev–Trinajstić information content (AvgIpc) is 2.69. The second-order valence-corrected chi connectivity index (χ2v) is 6.03. The van der Waals surface area contributed by atoms with Crippen molar-refractivity contribution in [3.63, 3.8) is 0 Å². The van der Waals surface area contributed by atoms with Gasteiger partial charge in [-0.15, -0.1) is 0 Å². The minimum Gasteiger partial charge on any atom is -0.479 e. The molecular formula is C10H16N6O3S.